The summed E-state index contributed by atoms with van der Waals surface area (Å²) < 4.78 is 15.3. The molecule has 3 amide bonds. The number of benzene rings is 4. The molecule has 0 spiro atoms. The van der Waals surface area contributed by atoms with Gasteiger partial charge in [-0.1, -0.05) is 54.6 Å². The first-order valence-electron chi connectivity index (χ1n) is 22.9. The Labute approximate surface area is 387 Å². The highest BCUT2D eigenvalue weighted by atomic mass is 16.5. The first kappa shape index (κ1) is 44.3. The molecule has 6 aromatic rings. The number of morpholine rings is 1. The molecular formula is C54H57N7O5. The Hall–Kier alpha value is -6.94. The molecule has 3 aliphatic rings. The Balaban J connectivity index is 1.02. The number of nitriles is 1. The molecule has 1 saturated heterocycles. The molecule has 0 bridgehead atoms. The number of para-hydroxylation sites is 1. The predicted molar refractivity (Wildman–Crippen MR) is 255 cm³/mol. The van der Waals surface area contributed by atoms with Crippen LogP contribution in [0.2, 0.25) is 0 Å². The monoisotopic (exact) mass is 883 g/mol. The molecule has 338 valence electrons. The number of aromatic nitrogens is 2. The van der Waals surface area contributed by atoms with Gasteiger partial charge in [0.2, 0.25) is 5.91 Å². The lowest BCUT2D eigenvalue weighted by Crippen LogP contribution is -2.43. The van der Waals surface area contributed by atoms with Crippen LogP contribution < -0.4 is 9.64 Å². The molecule has 0 N–H and O–H groups in total. The molecule has 2 aromatic heterocycles. The Kier molecular flexibility index (Phi) is 12.7. The van der Waals surface area contributed by atoms with E-state index in [0.29, 0.717) is 60.9 Å². The van der Waals surface area contributed by atoms with Crippen molar-refractivity contribution in [2.75, 3.05) is 50.9 Å². The second-order valence-corrected chi connectivity index (χ2v) is 17.8. The number of anilines is 2. The normalized spacial score (nSPS) is 16.0. The average Bonchev–Trinajstić information content (AvgIpc) is 3.80. The lowest BCUT2D eigenvalue weighted by molar-refractivity contribution is -0.131. The minimum absolute atomic E-state index is 0.0274. The average molecular weight is 884 g/mol. The molecule has 0 radical (unpaired) electrons. The minimum atomic E-state index is -0.245. The van der Waals surface area contributed by atoms with Crippen molar-refractivity contribution in [2.45, 2.75) is 59.2 Å². The van der Waals surface area contributed by atoms with Crippen LogP contribution in [0, 0.1) is 25.2 Å². The summed E-state index contributed by atoms with van der Waals surface area (Å²) in [7, 11) is 3.76. The minimum Gasteiger partial charge on any atom is -0.492 e. The van der Waals surface area contributed by atoms with Crippen molar-refractivity contribution >= 4 is 29.1 Å². The summed E-state index contributed by atoms with van der Waals surface area (Å²) in [6.07, 6.45) is 1.63. The number of nitrogens with zero attached hydrogens (tertiary/aromatic N) is 7. The molecular weight excluding hydrogens is 827 g/mol. The van der Waals surface area contributed by atoms with E-state index in [-0.39, 0.29) is 30.2 Å². The van der Waals surface area contributed by atoms with Crippen molar-refractivity contribution in [1.29, 1.82) is 5.26 Å². The summed E-state index contributed by atoms with van der Waals surface area (Å²) in [5.41, 5.74) is 11.1. The van der Waals surface area contributed by atoms with Crippen LogP contribution in [0.1, 0.15) is 72.5 Å². The van der Waals surface area contributed by atoms with Gasteiger partial charge >= 0.3 is 0 Å². The molecule has 3 aliphatic heterocycles. The fraction of sp³-hybridized carbons (Fsp3) is 0.333. The predicted octanol–water partition coefficient (Wildman–Crippen LogP) is 7.92. The highest BCUT2D eigenvalue weighted by molar-refractivity contribution is 6.13. The van der Waals surface area contributed by atoms with E-state index in [1.54, 1.807) is 15.5 Å². The molecule has 0 aliphatic carbocycles. The second-order valence-electron chi connectivity index (χ2n) is 17.8. The first-order chi connectivity index (χ1) is 32.0. The Morgan fingerprint density at radius 1 is 0.788 bits per heavy atom. The Morgan fingerprint density at radius 3 is 2.24 bits per heavy atom. The van der Waals surface area contributed by atoms with Crippen molar-refractivity contribution < 1.29 is 23.9 Å². The molecule has 1 atom stereocenters. The molecule has 12 nitrogen and oxygen atoms in total. The van der Waals surface area contributed by atoms with E-state index in [1.807, 2.05) is 121 Å². The van der Waals surface area contributed by atoms with Crippen LogP contribution >= 0.6 is 0 Å². The van der Waals surface area contributed by atoms with Crippen molar-refractivity contribution in [3.05, 3.63) is 159 Å². The maximum atomic E-state index is 15.2. The van der Waals surface area contributed by atoms with E-state index in [0.717, 1.165) is 89.9 Å². The maximum absolute atomic E-state index is 15.2. The van der Waals surface area contributed by atoms with Gasteiger partial charge in [0.25, 0.3) is 11.8 Å². The largest absolute Gasteiger partial charge is 0.492 e. The van der Waals surface area contributed by atoms with Crippen LogP contribution in [0.25, 0.3) is 11.3 Å². The molecule has 5 heterocycles. The number of fused-ring (bicyclic) bond motifs is 2. The molecule has 9 rings (SSSR count). The smallest absolute Gasteiger partial charge is 0.264 e. The van der Waals surface area contributed by atoms with Crippen LogP contribution in [0.3, 0.4) is 0 Å². The van der Waals surface area contributed by atoms with Crippen LogP contribution in [-0.4, -0.2) is 93.6 Å². The maximum Gasteiger partial charge on any atom is 0.264 e. The van der Waals surface area contributed by atoms with Crippen molar-refractivity contribution in [2.24, 2.45) is 14.1 Å². The van der Waals surface area contributed by atoms with Crippen LogP contribution in [0.4, 0.5) is 11.4 Å². The summed E-state index contributed by atoms with van der Waals surface area (Å²) >= 11 is 0. The van der Waals surface area contributed by atoms with Crippen molar-refractivity contribution in [1.82, 2.24) is 23.8 Å². The summed E-state index contributed by atoms with van der Waals surface area (Å²) in [6, 6.07) is 35.6. The highest BCUT2D eigenvalue weighted by Crippen LogP contribution is 2.38. The highest BCUT2D eigenvalue weighted by Gasteiger charge is 2.33. The van der Waals surface area contributed by atoms with E-state index >= 15 is 9.59 Å². The number of ether oxygens (including phenoxy) is 2. The number of hydrogen-bond acceptors (Lipinski definition) is 7. The van der Waals surface area contributed by atoms with E-state index < -0.39 is 0 Å². The molecule has 12 heteroatoms. The number of carbonyl (C=O) groups excluding carboxylic acids is 3. The number of rotatable bonds is 11. The van der Waals surface area contributed by atoms with E-state index in [4.69, 9.17) is 9.47 Å². The fourth-order valence-electron chi connectivity index (χ4n) is 9.68. The SMILES string of the molecule is Cc1c(N(C(=O)c2cc(-c3cc4c(cc3C(=O)N3Cc5ccccc5C[C@H]3C)CN(C(=O)Cc3ccc(OCCN5CCOCC5)cc3)CC4)n(C)c2C)c2ccccc2)cc(C#N)n1C. The zero-order valence-electron chi connectivity index (χ0n) is 38.5. The van der Waals surface area contributed by atoms with Crippen LogP contribution in [0.15, 0.2) is 103 Å². The van der Waals surface area contributed by atoms with Crippen LogP contribution in [0.5, 0.6) is 5.75 Å². The number of hydrogen-bond donors (Lipinski definition) is 0. The van der Waals surface area contributed by atoms with Gasteiger partial charge in [0.15, 0.2) is 0 Å². The fourth-order valence-corrected chi connectivity index (χ4v) is 9.68. The van der Waals surface area contributed by atoms with E-state index in [2.05, 4.69) is 36.1 Å². The summed E-state index contributed by atoms with van der Waals surface area (Å²) in [4.78, 5) is 52.0. The zero-order chi connectivity index (χ0) is 46.1. The zero-order valence-corrected chi connectivity index (χ0v) is 38.5. The van der Waals surface area contributed by atoms with Gasteiger partial charge in [-0.15, -0.1) is 0 Å². The third kappa shape index (κ3) is 8.76. The quantitative estimate of drug-likeness (QED) is 0.130. The van der Waals surface area contributed by atoms with E-state index in [1.165, 1.54) is 5.56 Å². The Morgan fingerprint density at radius 2 is 1.52 bits per heavy atom. The standard InChI is InChI=1S/C54H57N7O5/c1-36-27-40-11-9-10-12-42(40)35-60(36)53(63)49-30-43-34-59(52(62)28-39-15-17-46(18-16-39)66-26-23-58-21-24-65-25-22-58)20-19-41(43)29-48(49)51-32-47(37(2)57(51)5)54(64)61(44-13-7-6-8-14-44)50-31-45(33-55)56(4)38(50)3/h6-18,29-32,36H,19-28,34-35H2,1-5H3/t36-/m1/s1. The van der Waals surface area contributed by atoms with Crippen LogP contribution in [-0.2, 0) is 56.0 Å². The second kappa shape index (κ2) is 18.9. The molecule has 66 heavy (non-hydrogen) atoms. The van der Waals surface area contributed by atoms with E-state index in [9.17, 15) is 10.1 Å². The van der Waals surface area contributed by atoms with Gasteiger partial charge in [-0.25, -0.2) is 0 Å². The molecule has 0 saturated carbocycles. The first-order valence-corrected chi connectivity index (χ1v) is 22.9. The molecule has 4 aromatic carbocycles. The van der Waals surface area contributed by atoms with Gasteiger partial charge < -0.3 is 28.4 Å². The third-order valence-electron chi connectivity index (χ3n) is 13.9. The molecule has 0 unspecified atom stereocenters. The van der Waals surface area contributed by atoms with Crippen molar-refractivity contribution in [3.8, 4) is 23.1 Å². The van der Waals surface area contributed by atoms with Crippen molar-refractivity contribution in [3.63, 3.8) is 0 Å². The van der Waals surface area contributed by atoms with Gasteiger partial charge in [-0.2, -0.15) is 5.26 Å². The summed E-state index contributed by atoms with van der Waals surface area (Å²) in [5.74, 6) is 0.474. The number of carbonyl (C=O) groups is 3. The van der Waals surface area contributed by atoms with Gasteiger partial charge in [0, 0.05) is 93.3 Å². The topological polar surface area (TPSA) is 116 Å². The lowest BCUT2D eigenvalue weighted by atomic mass is 9.89. The van der Waals surface area contributed by atoms with Gasteiger partial charge in [-0.05, 0) is 110 Å². The Bertz CT molecular complexity index is 2830. The lowest BCUT2D eigenvalue weighted by Gasteiger charge is -2.36. The van der Waals surface area contributed by atoms with Gasteiger partial charge in [0.05, 0.1) is 30.9 Å². The molecule has 1 fully saturated rings. The van der Waals surface area contributed by atoms with Gasteiger partial charge in [0.1, 0.15) is 24.1 Å². The summed E-state index contributed by atoms with van der Waals surface area (Å²) in [6.45, 7) is 12.1. The van der Waals surface area contributed by atoms with Gasteiger partial charge in [-0.3, -0.25) is 24.2 Å². The number of amides is 3. The third-order valence-corrected chi connectivity index (χ3v) is 13.9. The summed E-state index contributed by atoms with van der Waals surface area (Å²) in [5, 5.41) is 9.91.